The van der Waals surface area contributed by atoms with E-state index in [2.05, 4.69) is 6.92 Å². The number of esters is 1. The van der Waals surface area contributed by atoms with Gasteiger partial charge in [0.1, 0.15) is 5.60 Å². The molecule has 106 valence electrons. The van der Waals surface area contributed by atoms with Crippen LogP contribution in [0.25, 0.3) is 0 Å². The number of carbonyl (C=O) groups excluding carboxylic acids is 1. The average molecular weight is 276 g/mol. The van der Waals surface area contributed by atoms with Crippen molar-refractivity contribution in [1.82, 2.24) is 0 Å². The molecule has 0 N–H and O–H groups in total. The van der Waals surface area contributed by atoms with Crippen molar-refractivity contribution in [3.05, 3.63) is 0 Å². The molecule has 0 aliphatic carbocycles. The number of ether oxygens (including phenoxy) is 1. The van der Waals surface area contributed by atoms with Gasteiger partial charge in [-0.3, -0.25) is 0 Å². The van der Waals surface area contributed by atoms with Crippen LogP contribution in [-0.4, -0.2) is 28.9 Å². The molecule has 0 radical (unpaired) electrons. The monoisotopic (exact) mass is 276 g/mol. The smallest absolute Gasteiger partial charge is 0.343 e. The van der Waals surface area contributed by atoms with Crippen LogP contribution in [0.5, 0.6) is 0 Å². The van der Waals surface area contributed by atoms with E-state index in [9.17, 15) is 4.79 Å². The summed E-state index contributed by atoms with van der Waals surface area (Å²) < 4.78 is 5.26. The van der Waals surface area contributed by atoms with Gasteiger partial charge in [-0.2, -0.15) is 0 Å². The molecule has 5 heteroatoms. The van der Waals surface area contributed by atoms with Gasteiger partial charge in [0.05, 0.1) is 0 Å². The van der Waals surface area contributed by atoms with Gasteiger partial charge in [0.2, 0.25) is 6.10 Å². The quantitative estimate of drug-likeness (QED) is 0.405. The molecule has 0 aromatic carbocycles. The minimum absolute atomic E-state index is 0.207. The zero-order valence-corrected chi connectivity index (χ0v) is 12.5. The number of unbranched alkanes of at least 4 members (excludes halogenated alkanes) is 3. The lowest BCUT2D eigenvalue weighted by molar-refractivity contribution is -0.429. The zero-order valence-electron chi connectivity index (χ0n) is 11.7. The van der Waals surface area contributed by atoms with Crippen LogP contribution in [0.4, 0.5) is 0 Å². The summed E-state index contributed by atoms with van der Waals surface area (Å²) in [5, 5.41) is 0. The maximum Gasteiger partial charge on any atom is 0.343 e. The highest BCUT2D eigenvalue weighted by molar-refractivity contribution is 7.99. The molecule has 0 saturated carbocycles. The standard InChI is InChI=1S/C13H24O4S/c1-5-6-7-8-9-18-12-10(16-17-12)11(14)15-13(2,3)4/h10,12H,5-9H2,1-4H3. The van der Waals surface area contributed by atoms with Crippen LogP contribution in [0.2, 0.25) is 0 Å². The summed E-state index contributed by atoms with van der Waals surface area (Å²) >= 11 is 1.63. The highest BCUT2D eigenvalue weighted by Gasteiger charge is 2.43. The van der Waals surface area contributed by atoms with Gasteiger partial charge in [-0.25, -0.2) is 14.6 Å². The molecule has 1 saturated heterocycles. The Morgan fingerprint density at radius 2 is 1.94 bits per heavy atom. The highest BCUT2D eigenvalue weighted by Crippen LogP contribution is 2.30. The van der Waals surface area contributed by atoms with Gasteiger partial charge in [0.25, 0.3) is 0 Å². The van der Waals surface area contributed by atoms with Crippen molar-refractivity contribution < 1.29 is 19.3 Å². The van der Waals surface area contributed by atoms with Crippen molar-refractivity contribution in [3.63, 3.8) is 0 Å². The van der Waals surface area contributed by atoms with E-state index < -0.39 is 11.7 Å². The molecule has 0 aromatic rings. The Bertz CT molecular complexity index is 262. The minimum Gasteiger partial charge on any atom is -0.458 e. The molecular formula is C13H24O4S. The summed E-state index contributed by atoms with van der Waals surface area (Å²) in [6, 6.07) is 0. The van der Waals surface area contributed by atoms with Gasteiger partial charge in [-0.05, 0) is 32.9 Å². The molecule has 1 heterocycles. The third kappa shape index (κ3) is 5.59. The normalized spacial score (nSPS) is 23.6. The molecule has 0 amide bonds. The number of thioether (sulfide) groups is 1. The number of rotatable bonds is 7. The Hall–Kier alpha value is -0.260. The summed E-state index contributed by atoms with van der Waals surface area (Å²) in [4.78, 5) is 21.5. The average Bonchev–Trinajstić information content (AvgIpc) is 2.18. The van der Waals surface area contributed by atoms with Crippen molar-refractivity contribution in [2.24, 2.45) is 0 Å². The second-order valence-corrected chi connectivity index (χ2v) is 6.65. The molecule has 1 fully saturated rings. The van der Waals surface area contributed by atoms with Gasteiger partial charge < -0.3 is 4.74 Å². The largest absolute Gasteiger partial charge is 0.458 e. The Morgan fingerprint density at radius 3 is 2.44 bits per heavy atom. The molecule has 1 aliphatic rings. The van der Waals surface area contributed by atoms with E-state index in [4.69, 9.17) is 14.5 Å². The van der Waals surface area contributed by atoms with Crippen LogP contribution in [0.1, 0.15) is 53.4 Å². The van der Waals surface area contributed by atoms with Crippen LogP contribution in [0.15, 0.2) is 0 Å². The molecule has 0 bridgehead atoms. The topological polar surface area (TPSA) is 44.8 Å². The fraction of sp³-hybridized carbons (Fsp3) is 0.923. The highest BCUT2D eigenvalue weighted by atomic mass is 32.2. The Kier molecular flexibility index (Phi) is 6.46. The Labute approximate surface area is 114 Å². The van der Waals surface area contributed by atoms with Gasteiger partial charge in [0, 0.05) is 0 Å². The maximum absolute atomic E-state index is 11.7. The van der Waals surface area contributed by atoms with Crippen LogP contribution in [0.3, 0.4) is 0 Å². The van der Waals surface area contributed by atoms with E-state index in [1.807, 2.05) is 20.8 Å². The van der Waals surface area contributed by atoms with E-state index in [0.29, 0.717) is 0 Å². The first-order chi connectivity index (χ1) is 8.44. The first kappa shape index (κ1) is 15.8. The van der Waals surface area contributed by atoms with Gasteiger partial charge in [-0.1, -0.05) is 26.2 Å². The first-order valence-electron chi connectivity index (χ1n) is 6.60. The van der Waals surface area contributed by atoms with Crippen LogP contribution >= 0.6 is 11.8 Å². The Morgan fingerprint density at radius 1 is 1.22 bits per heavy atom. The summed E-state index contributed by atoms with van der Waals surface area (Å²) in [5.74, 6) is 0.660. The number of carbonyl (C=O) groups is 1. The Balaban J connectivity index is 2.18. The molecule has 0 aromatic heterocycles. The molecule has 1 aliphatic heterocycles. The summed E-state index contributed by atoms with van der Waals surface area (Å²) in [7, 11) is 0. The number of hydrogen-bond donors (Lipinski definition) is 0. The summed E-state index contributed by atoms with van der Waals surface area (Å²) in [6.07, 6.45) is 4.31. The fourth-order valence-electron chi connectivity index (χ4n) is 1.51. The van der Waals surface area contributed by atoms with Crippen LogP contribution in [-0.2, 0) is 19.3 Å². The number of hydrogen-bond acceptors (Lipinski definition) is 5. The van der Waals surface area contributed by atoms with Crippen molar-refractivity contribution in [1.29, 1.82) is 0 Å². The van der Waals surface area contributed by atoms with Crippen LogP contribution in [0, 0.1) is 0 Å². The molecule has 0 spiro atoms. The lowest BCUT2D eigenvalue weighted by atomic mass is 10.2. The van der Waals surface area contributed by atoms with Crippen LogP contribution < -0.4 is 0 Å². The SMILES string of the molecule is CCCCCCSC1OOC1C(=O)OC(C)(C)C. The molecule has 2 atom stereocenters. The van der Waals surface area contributed by atoms with Crippen molar-refractivity contribution >= 4 is 17.7 Å². The minimum atomic E-state index is -0.569. The van der Waals surface area contributed by atoms with E-state index >= 15 is 0 Å². The maximum atomic E-state index is 11.7. The third-order valence-electron chi connectivity index (χ3n) is 2.42. The predicted octanol–water partition coefficient (Wildman–Crippen LogP) is 3.30. The summed E-state index contributed by atoms with van der Waals surface area (Å²) in [6.45, 7) is 7.72. The molecule has 18 heavy (non-hydrogen) atoms. The second kappa shape index (κ2) is 7.36. The summed E-state index contributed by atoms with van der Waals surface area (Å²) in [5.41, 5.74) is -0.687. The van der Waals surface area contributed by atoms with Crippen molar-refractivity contribution in [2.75, 3.05) is 5.75 Å². The molecule has 2 unspecified atom stereocenters. The third-order valence-corrected chi connectivity index (χ3v) is 3.60. The second-order valence-electron chi connectivity index (χ2n) is 5.45. The van der Waals surface area contributed by atoms with Crippen molar-refractivity contribution in [2.45, 2.75) is 70.5 Å². The lowest BCUT2D eigenvalue weighted by Gasteiger charge is -2.34. The van der Waals surface area contributed by atoms with E-state index in [1.165, 1.54) is 19.3 Å². The zero-order chi connectivity index (χ0) is 13.6. The predicted molar refractivity (Wildman–Crippen MR) is 72.2 cm³/mol. The molecular weight excluding hydrogens is 252 g/mol. The van der Waals surface area contributed by atoms with E-state index in [0.717, 1.165) is 12.2 Å². The van der Waals surface area contributed by atoms with Crippen molar-refractivity contribution in [3.8, 4) is 0 Å². The van der Waals surface area contributed by atoms with Gasteiger partial charge in [-0.15, -0.1) is 11.8 Å². The van der Waals surface area contributed by atoms with E-state index in [-0.39, 0.29) is 11.4 Å². The first-order valence-corrected chi connectivity index (χ1v) is 7.65. The van der Waals surface area contributed by atoms with E-state index in [1.54, 1.807) is 11.8 Å². The lowest BCUT2D eigenvalue weighted by Crippen LogP contribution is -2.49. The molecule has 4 nitrogen and oxygen atoms in total. The molecule has 1 rings (SSSR count). The fourth-order valence-corrected chi connectivity index (χ4v) is 2.55. The van der Waals surface area contributed by atoms with Gasteiger partial charge in [0.15, 0.2) is 5.44 Å². The van der Waals surface area contributed by atoms with Gasteiger partial charge >= 0.3 is 5.97 Å².